The first-order valence-corrected chi connectivity index (χ1v) is 9.44. The summed E-state index contributed by atoms with van der Waals surface area (Å²) in [6.45, 7) is 1.03. The number of ether oxygens (including phenoxy) is 2. The van der Waals surface area contributed by atoms with Gasteiger partial charge in [0.2, 0.25) is 11.8 Å². The van der Waals surface area contributed by atoms with Crippen molar-refractivity contribution in [1.29, 1.82) is 0 Å². The van der Waals surface area contributed by atoms with Gasteiger partial charge in [-0.1, -0.05) is 30.3 Å². The third kappa shape index (κ3) is 2.90. The number of methoxy groups -OCH3 is 1. The van der Waals surface area contributed by atoms with Gasteiger partial charge in [0.1, 0.15) is 0 Å². The predicted octanol–water partition coefficient (Wildman–Crippen LogP) is 1.63. The highest BCUT2D eigenvalue weighted by atomic mass is 16.5. The maximum Gasteiger partial charge on any atom is 0.305 e. The van der Waals surface area contributed by atoms with Crippen LogP contribution in [0, 0.1) is 0 Å². The highest BCUT2D eigenvalue weighted by Crippen LogP contribution is 2.51. The lowest BCUT2D eigenvalue weighted by molar-refractivity contribution is -0.142. The summed E-state index contributed by atoms with van der Waals surface area (Å²) in [5.41, 5.74) is 0.363. The largest absolute Gasteiger partial charge is 0.469 e. The number of esters is 1. The number of hydrogen-bond acceptors (Lipinski definition) is 5. The van der Waals surface area contributed by atoms with Crippen LogP contribution in [-0.2, 0) is 23.9 Å². The molecule has 144 valence electrons. The van der Waals surface area contributed by atoms with E-state index in [9.17, 15) is 14.4 Å². The highest BCUT2D eigenvalue weighted by Gasteiger charge is 2.65. The lowest BCUT2D eigenvalue weighted by Gasteiger charge is -2.33. The average molecular weight is 372 g/mol. The zero-order chi connectivity index (χ0) is 19.0. The first-order valence-electron chi connectivity index (χ1n) is 9.44. The van der Waals surface area contributed by atoms with Gasteiger partial charge in [0.25, 0.3) is 0 Å². The third-order valence-electron chi connectivity index (χ3n) is 5.96. The molecule has 0 N–H and O–H groups in total. The molecule has 1 aromatic carbocycles. The van der Waals surface area contributed by atoms with Gasteiger partial charge in [-0.05, 0) is 12.0 Å². The molecule has 2 amide bonds. The van der Waals surface area contributed by atoms with E-state index in [1.54, 1.807) is 4.90 Å². The van der Waals surface area contributed by atoms with Gasteiger partial charge in [-0.2, -0.15) is 0 Å². The summed E-state index contributed by atoms with van der Waals surface area (Å²) >= 11 is 0. The fourth-order valence-electron chi connectivity index (χ4n) is 4.69. The van der Waals surface area contributed by atoms with E-state index in [1.165, 1.54) is 7.11 Å². The summed E-state index contributed by atoms with van der Waals surface area (Å²) in [5, 5.41) is 0. The van der Waals surface area contributed by atoms with Crippen molar-refractivity contribution in [3.05, 3.63) is 35.9 Å². The van der Waals surface area contributed by atoms with Gasteiger partial charge >= 0.3 is 5.97 Å². The number of hydrogen-bond donors (Lipinski definition) is 0. The van der Waals surface area contributed by atoms with Gasteiger partial charge in [0.05, 0.1) is 32.2 Å². The normalized spacial score (nSPS) is 29.0. The van der Waals surface area contributed by atoms with Gasteiger partial charge in [-0.15, -0.1) is 0 Å². The Bertz CT molecular complexity index is 752. The Labute approximate surface area is 158 Å². The zero-order valence-corrected chi connectivity index (χ0v) is 15.4. The molecular formula is C20H24N2O5. The molecule has 3 heterocycles. The number of rotatable bonds is 5. The van der Waals surface area contributed by atoms with Crippen LogP contribution in [0.5, 0.6) is 0 Å². The molecule has 0 unspecified atom stereocenters. The minimum absolute atomic E-state index is 0.0258. The lowest BCUT2D eigenvalue weighted by atomic mass is 10.0. The molecule has 0 saturated carbocycles. The summed E-state index contributed by atoms with van der Waals surface area (Å²) in [7, 11) is 1.34. The van der Waals surface area contributed by atoms with Crippen molar-refractivity contribution in [2.45, 2.75) is 49.9 Å². The summed E-state index contributed by atoms with van der Waals surface area (Å²) < 4.78 is 10.8. The van der Waals surface area contributed by atoms with E-state index in [-0.39, 0.29) is 42.7 Å². The number of benzene rings is 1. The summed E-state index contributed by atoms with van der Waals surface area (Å²) in [6, 6.07) is 9.56. The highest BCUT2D eigenvalue weighted by molar-refractivity contribution is 5.85. The molecule has 0 aliphatic carbocycles. The minimum atomic E-state index is -0.699. The first-order chi connectivity index (χ1) is 13.1. The van der Waals surface area contributed by atoms with Crippen molar-refractivity contribution in [2.24, 2.45) is 0 Å². The maximum absolute atomic E-state index is 12.8. The molecule has 0 radical (unpaired) electrons. The monoisotopic (exact) mass is 372 g/mol. The summed E-state index contributed by atoms with van der Waals surface area (Å²) in [6.07, 6.45) is 1.88. The van der Waals surface area contributed by atoms with Crippen LogP contribution in [0.3, 0.4) is 0 Å². The lowest BCUT2D eigenvalue weighted by Crippen LogP contribution is -2.49. The molecule has 3 saturated heterocycles. The Morgan fingerprint density at radius 1 is 1.26 bits per heavy atom. The van der Waals surface area contributed by atoms with Crippen molar-refractivity contribution >= 4 is 17.8 Å². The number of nitrogens with zero attached hydrogens (tertiary/aromatic N) is 2. The second-order valence-electron chi connectivity index (χ2n) is 7.33. The summed E-state index contributed by atoms with van der Waals surface area (Å²) in [4.78, 5) is 40.4. The first kappa shape index (κ1) is 18.0. The molecule has 3 aliphatic heterocycles. The van der Waals surface area contributed by atoms with E-state index in [4.69, 9.17) is 4.74 Å². The van der Waals surface area contributed by atoms with E-state index in [2.05, 4.69) is 4.74 Å². The van der Waals surface area contributed by atoms with Gasteiger partial charge in [0.15, 0.2) is 5.72 Å². The molecule has 4 rings (SSSR count). The van der Waals surface area contributed by atoms with Crippen molar-refractivity contribution in [3.63, 3.8) is 0 Å². The van der Waals surface area contributed by atoms with Crippen molar-refractivity contribution in [2.75, 3.05) is 20.3 Å². The fraction of sp³-hybridized carbons (Fsp3) is 0.550. The van der Waals surface area contributed by atoms with E-state index < -0.39 is 5.72 Å². The van der Waals surface area contributed by atoms with Crippen LogP contribution in [0.4, 0.5) is 0 Å². The van der Waals surface area contributed by atoms with Crippen molar-refractivity contribution in [1.82, 2.24) is 9.80 Å². The second-order valence-corrected chi connectivity index (χ2v) is 7.33. The molecule has 3 atom stereocenters. The topological polar surface area (TPSA) is 76.2 Å². The van der Waals surface area contributed by atoms with Crippen molar-refractivity contribution in [3.8, 4) is 0 Å². The molecule has 7 nitrogen and oxygen atoms in total. The van der Waals surface area contributed by atoms with Crippen LogP contribution in [0.2, 0.25) is 0 Å². The van der Waals surface area contributed by atoms with Gasteiger partial charge in [-0.25, -0.2) is 0 Å². The van der Waals surface area contributed by atoms with E-state index in [1.807, 2.05) is 35.2 Å². The fourth-order valence-corrected chi connectivity index (χ4v) is 4.69. The van der Waals surface area contributed by atoms with Crippen LogP contribution in [0.1, 0.15) is 43.7 Å². The number of likely N-dealkylation sites (tertiary alicyclic amines) is 1. The van der Waals surface area contributed by atoms with Crippen LogP contribution >= 0.6 is 0 Å². The summed E-state index contributed by atoms with van der Waals surface area (Å²) in [5.74, 6) is -0.298. The molecule has 7 heteroatoms. The number of carbonyl (C=O) groups excluding carboxylic acids is 3. The molecule has 27 heavy (non-hydrogen) atoms. The molecule has 3 aliphatic rings. The molecule has 0 bridgehead atoms. The van der Waals surface area contributed by atoms with Crippen LogP contribution in [0.15, 0.2) is 30.3 Å². The zero-order valence-electron chi connectivity index (χ0n) is 15.4. The Morgan fingerprint density at radius 3 is 2.78 bits per heavy atom. The third-order valence-corrected chi connectivity index (χ3v) is 5.96. The number of carbonyl (C=O) groups is 3. The molecule has 1 spiro atoms. The SMILES string of the molecule is COC(=O)CCCC(=O)N1CC[C@@]23OC[C@@H](c4ccccc4)N2C(=O)C[C@@H]13. The quantitative estimate of drug-likeness (QED) is 0.735. The van der Waals surface area contributed by atoms with Crippen LogP contribution < -0.4 is 0 Å². The smallest absolute Gasteiger partial charge is 0.305 e. The predicted molar refractivity (Wildman–Crippen MR) is 95.3 cm³/mol. The molecule has 1 aromatic rings. The second kappa shape index (κ2) is 6.96. The molecule has 3 fully saturated rings. The molecule has 0 aromatic heterocycles. The van der Waals surface area contributed by atoms with Crippen molar-refractivity contribution < 1.29 is 23.9 Å². The Hall–Kier alpha value is -2.41. The van der Waals surface area contributed by atoms with Gasteiger partial charge in [-0.3, -0.25) is 14.4 Å². The van der Waals surface area contributed by atoms with Crippen LogP contribution in [0.25, 0.3) is 0 Å². The maximum atomic E-state index is 12.8. The average Bonchev–Trinajstić information content (AvgIpc) is 3.31. The number of amides is 2. The van der Waals surface area contributed by atoms with E-state index in [0.717, 1.165) is 5.56 Å². The van der Waals surface area contributed by atoms with Crippen LogP contribution in [-0.4, -0.2) is 59.6 Å². The minimum Gasteiger partial charge on any atom is -0.469 e. The van der Waals surface area contributed by atoms with Gasteiger partial charge in [0, 0.05) is 25.8 Å². The Morgan fingerprint density at radius 2 is 2.04 bits per heavy atom. The van der Waals surface area contributed by atoms with E-state index >= 15 is 0 Å². The van der Waals surface area contributed by atoms with E-state index in [0.29, 0.717) is 32.4 Å². The standard InChI is InChI=1S/C20H24N2O5/c1-26-19(25)9-5-8-17(23)21-11-10-20-16(21)12-18(24)22(20)15(13-27-20)14-6-3-2-4-7-14/h2-4,6-7,15-16H,5,8-13H2,1H3/t15-,16+,20-/m0/s1. The van der Waals surface area contributed by atoms with Gasteiger partial charge < -0.3 is 19.3 Å². The molecular weight excluding hydrogens is 348 g/mol. The Balaban J connectivity index is 1.48. The Kier molecular flexibility index (Phi) is 4.63.